The standard InChI is InChI=1S/C23H26N4O6/c24-22(31)25-11-5-10-19(21(30)26-12-20(28)29)27-23(32)33-13-18-16-8-3-1-6-14(16)15-7-2-4-9-17(15)18/h1-4,6-9,18-19H,5,10-13H2,(H,26,30)(H,27,32)(H,28,29)(H3,24,25,31)/t19-/m0/s1. The minimum atomic E-state index is -1.21. The van der Waals surface area contributed by atoms with Crippen LogP contribution < -0.4 is 21.7 Å². The number of urea groups is 1. The van der Waals surface area contributed by atoms with Crippen LogP contribution in [0.4, 0.5) is 9.59 Å². The zero-order valence-corrected chi connectivity index (χ0v) is 17.9. The van der Waals surface area contributed by atoms with Crippen molar-refractivity contribution < 1.29 is 29.0 Å². The number of carboxylic acid groups (broad SMARTS) is 1. The minimum absolute atomic E-state index is 0.0759. The third kappa shape index (κ3) is 6.22. The van der Waals surface area contributed by atoms with Crippen LogP contribution >= 0.6 is 0 Å². The number of hydrogen-bond acceptors (Lipinski definition) is 5. The molecule has 1 aliphatic rings. The Morgan fingerprint density at radius 3 is 2.15 bits per heavy atom. The van der Waals surface area contributed by atoms with Crippen molar-refractivity contribution in [1.82, 2.24) is 16.0 Å². The average molecular weight is 454 g/mol. The van der Waals surface area contributed by atoms with Crippen LogP contribution in [-0.4, -0.2) is 54.8 Å². The van der Waals surface area contributed by atoms with Gasteiger partial charge in [0.2, 0.25) is 5.91 Å². The summed E-state index contributed by atoms with van der Waals surface area (Å²) < 4.78 is 5.45. The van der Waals surface area contributed by atoms with Gasteiger partial charge in [-0.25, -0.2) is 9.59 Å². The van der Waals surface area contributed by atoms with Gasteiger partial charge in [0.15, 0.2) is 0 Å². The maximum atomic E-state index is 12.5. The maximum absolute atomic E-state index is 12.5. The molecular weight excluding hydrogens is 428 g/mol. The van der Waals surface area contributed by atoms with Crippen LogP contribution in [0, 0.1) is 0 Å². The van der Waals surface area contributed by atoms with Crippen LogP contribution in [0.2, 0.25) is 0 Å². The Bertz CT molecular complexity index is 996. The van der Waals surface area contributed by atoms with Crippen molar-refractivity contribution in [3.63, 3.8) is 0 Å². The first kappa shape index (κ1) is 23.6. The van der Waals surface area contributed by atoms with Crippen molar-refractivity contribution in [2.24, 2.45) is 5.73 Å². The normalized spacial score (nSPS) is 12.7. The summed E-state index contributed by atoms with van der Waals surface area (Å²) >= 11 is 0. The number of alkyl carbamates (subject to hydrolysis) is 1. The molecule has 0 saturated carbocycles. The van der Waals surface area contributed by atoms with Gasteiger partial charge in [0.25, 0.3) is 0 Å². The molecule has 1 atom stereocenters. The molecule has 2 aromatic carbocycles. The van der Waals surface area contributed by atoms with Crippen molar-refractivity contribution in [3.8, 4) is 11.1 Å². The quantitative estimate of drug-likeness (QED) is 0.342. The molecule has 2 aromatic rings. The summed E-state index contributed by atoms with van der Waals surface area (Å²) in [6.07, 6.45) is -0.316. The molecule has 0 aliphatic heterocycles. The first-order valence-electron chi connectivity index (χ1n) is 10.5. The second-order valence-electron chi connectivity index (χ2n) is 7.57. The largest absolute Gasteiger partial charge is 0.480 e. The van der Waals surface area contributed by atoms with E-state index in [1.54, 1.807) is 0 Å². The van der Waals surface area contributed by atoms with E-state index in [0.717, 1.165) is 22.3 Å². The minimum Gasteiger partial charge on any atom is -0.480 e. The SMILES string of the molecule is NC(=O)NCCC[C@H](NC(=O)OCC1c2ccccc2-c2ccccc21)C(=O)NCC(=O)O. The molecule has 0 fully saturated rings. The van der Waals surface area contributed by atoms with Crippen LogP contribution in [0.5, 0.6) is 0 Å². The van der Waals surface area contributed by atoms with Gasteiger partial charge >= 0.3 is 18.1 Å². The van der Waals surface area contributed by atoms with E-state index in [-0.39, 0.29) is 25.5 Å². The van der Waals surface area contributed by atoms with Gasteiger partial charge in [-0.05, 0) is 35.1 Å². The molecule has 0 unspecified atom stereocenters. The van der Waals surface area contributed by atoms with Gasteiger partial charge in [0, 0.05) is 12.5 Å². The first-order valence-corrected chi connectivity index (χ1v) is 10.5. The number of carbonyl (C=O) groups excluding carboxylic acids is 3. The summed E-state index contributed by atoms with van der Waals surface area (Å²) in [7, 11) is 0. The van der Waals surface area contributed by atoms with Crippen molar-refractivity contribution in [3.05, 3.63) is 59.7 Å². The van der Waals surface area contributed by atoms with Crippen molar-refractivity contribution in [2.75, 3.05) is 19.7 Å². The van der Waals surface area contributed by atoms with E-state index in [9.17, 15) is 19.2 Å². The van der Waals surface area contributed by atoms with E-state index < -0.39 is 36.6 Å². The predicted octanol–water partition coefficient (Wildman–Crippen LogP) is 1.54. The molecule has 10 heteroatoms. The second kappa shape index (κ2) is 11.0. The number of benzene rings is 2. The van der Waals surface area contributed by atoms with Gasteiger partial charge in [-0.3, -0.25) is 9.59 Å². The number of ether oxygens (including phenoxy) is 1. The number of hydrogen-bond donors (Lipinski definition) is 5. The third-order valence-electron chi connectivity index (χ3n) is 5.33. The summed E-state index contributed by atoms with van der Waals surface area (Å²) in [5.41, 5.74) is 9.31. The molecule has 10 nitrogen and oxygen atoms in total. The molecule has 4 amide bonds. The number of primary amides is 1. The van der Waals surface area contributed by atoms with Gasteiger partial charge < -0.3 is 31.5 Å². The highest BCUT2D eigenvalue weighted by Crippen LogP contribution is 2.44. The number of carboxylic acids is 1. The number of rotatable bonds is 10. The highest BCUT2D eigenvalue weighted by Gasteiger charge is 2.29. The number of carbonyl (C=O) groups is 4. The van der Waals surface area contributed by atoms with E-state index >= 15 is 0 Å². The van der Waals surface area contributed by atoms with Crippen LogP contribution in [0.1, 0.15) is 29.9 Å². The molecule has 33 heavy (non-hydrogen) atoms. The summed E-state index contributed by atoms with van der Waals surface area (Å²) in [5.74, 6) is -2.01. The lowest BCUT2D eigenvalue weighted by Gasteiger charge is -2.19. The van der Waals surface area contributed by atoms with Crippen molar-refractivity contribution in [2.45, 2.75) is 24.8 Å². The fraction of sp³-hybridized carbons (Fsp3) is 0.304. The smallest absolute Gasteiger partial charge is 0.407 e. The average Bonchev–Trinajstić information content (AvgIpc) is 3.11. The lowest BCUT2D eigenvalue weighted by Crippen LogP contribution is -2.48. The van der Waals surface area contributed by atoms with Crippen LogP contribution in [0.15, 0.2) is 48.5 Å². The Kier molecular flexibility index (Phi) is 7.85. The molecule has 0 aromatic heterocycles. The van der Waals surface area contributed by atoms with Gasteiger partial charge in [0.05, 0.1) is 0 Å². The molecular formula is C23H26N4O6. The highest BCUT2D eigenvalue weighted by atomic mass is 16.5. The van der Waals surface area contributed by atoms with E-state index in [1.807, 2.05) is 48.5 Å². The molecule has 6 N–H and O–H groups in total. The topological polar surface area (TPSA) is 160 Å². The van der Waals surface area contributed by atoms with E-state index in [4.69, 9.17) is 15.6 Å². The zero-order chi connectivity index (χ0) is 23.8. The Morgan fingerprint density at radius 2 is 1.58 bits per heavy atom. The number of amides is 4. The van der Waals surface area contributed by atoms with Crippen LogP contribution in [-0.2, 0) is 14.3 Å². The fourth-order valence-corrected chi connectivity index (χ4v) is 3.85. The summed E-state index contributed by atoms with van der Waals surface area (Å²) in [4.78, 5) is 46.4. The van der Waals surface area contributed by atoms with Gasteiger partial charge in [-0.15, -0.1) is 0 Å². The van der Waals surface area contributed by atoms with Crippen LogP contribution in [0.3, 0.4) is 0 Å². The van der Waals surface area contributed by atoms with E-state index in [1.165, 1.54) is 0 Å². The summed E-state index contributed by atoms with van der Waals surface area (Å²) in [6.45, 7) is -0.307. The molecule has 0 bridgehead atoms. The number of aliphatic carboxylic acids is 1. The fourth-order valence-electron chi connectivity index (χ4n) is 3.85. The second-order valence-corrected chi connectivity index (χ2v) is 7.57. The molecule has 0 saturated heterocycles. The number of nitrogens with one attached hydrogen (secondary N) is 3. The number of nitrogens with two attached hydrogens (primary N) is 1. The monoisotopic (exact) mass is 454 g/mol. The maximum Gasteiger partial charge on any atom is 0.407 e. The zero-order valence-electron chi connectivity index (χ0n) is 17.9. The molecule has 0 spiro atoms. The highest BCUT2D eigenvalue weighted by molar-refractivity contribution is 5.88. The third-order valence-corrected chi connectivity index (χ3v) is 5.33. The van der Waals surface area contributed by atoms with Crippen LogP contribution in [0.25, 0.3) is 11.1 Å². The molecule has 3 rings (SSSR count). The molecule has 0 heterocycles. The first-order chi connectivity index (χ1) is 15.9. The van der Waals surface area contributed by atoms with Gasteiger partial charge in [-0.1, -0.05) is 48.5 Å². The summed E-state index contributed by atoms with van der Waals surface area (Å²) in [6, 6.07) is 14.1. The Labute approximate surface area is 190 Å². The Hall–Kier alpha value is -4.08. The molecule has 0 radical (unpaired) electrons. The lowest BCUT2D eigenvalue weighted by molar-refractivity contribution is -0.138. The molecule has 174 valence electrons. The van der Waals surface area contributed by atoms with E-state index in [2.05, 4.69) is 16.0 Å². The van der Waals surface area contributed by atoms with Gasteiger partial charge in [0.1, 0.15) is 19.2 Å². The lowest BCUT2D eigenvalue weighted by atomic mass is 9.98. The van der Waals surface area contributed by atoms with Crippen molar-refractivity contribution >= 4 is 24.0 Å². The Morgan fingerprint density at radius 1 is 0.970 bits per heavy atom. The Balaban J connectivity index is 1.61. The summed E-state index contributed by atoms with van der Waals surface area (Å²) in [5, 5.41) is 15.9. The van der Waals surface area contributed by atoms with E-state index in [0.29, 0.717) is 6.42 Å². The molecule has 1 aliphatic carbocycles. The van der Waals surface area contributed by atoms with Gasteiger partial charge in [-0.2, -0.15) is 0 Å². The van der Waals surface area contributed by atoms with Crippen molar-refractivity contribution in [1.29, 1.82) is 0 Å². The number of fused-ring (bicyclic) bond motifs is 3. The predicted molar refractivity (Wildman–Crippen MR) is 119 cm³/mol.